The highest BCUT2D eigenvalue weighted by Gasteiger charge is 2.21. The topological polar surface area (TPSA) is 58.6 Å². The van der Waals surface area contributed by atoms with Crippen molar-refractivity contribution in [3.63, 3.8) is 0 Å². The van der Waals surface area contributed by atoms with Gasteiger partial charge in [-0.2, -0.15) is 0 Å². The number of nitrogens with one attached hydrogen (secondary N) is 1. The van der Waals surface area contributed by atoms with Gasteiger partial charge in [0.15, 0.2) is 6.61 Å². The highest BCUT2D eigenvalue weighted by atomic mass is 79.9. The fraction of sp³-hybridized carbons (Fsp3) is 0.417. The van der Waals surface area contributed by atoms with Crippen LogP contribution in [0.1, 0.15) is 61.4 Å². The Morgan fingerprint density at radius 1 is 1.13 bits per heavy atom. The molecule has 1 saturated heterocycles. The van der Waals surface area contributed by atoms with Crippen LogP contribution in [-0.2, 0) is 4.79 Å². The molecule has 2 aromatic rings. The summed E-state index contributed by atoms with van der Waals surface area (Å²) < 4.78 is 6.53. The largest absolute Gasteiger partial charge is 0.483 e. The number of carbonyl (C=O) groups excluding carboxylic acids is 2. The summed E-state index contributed by atoms with van der Waals surface area (Å²) in [7, 11) is 0. The molecule has 0 bridgehead atoms. The van der Waals surface area contributed by atoms with E-state index >= 15 is 0 Å². The zero-order chi connectivity index (χ0) is 21.5. The normalized spacial score (nSPS) is 14.8. The lowest BCUT2D eigenvalue weighted by Crippen LogP contribution is -2.36. The third kappa shape index (κ3) is 5.63. The van der Waals surface area contributed by atoms with Crippen molar-refractivity contribution in [3.8, 4) is 5.75 Å². The Labute approximate surface area is 186 Å². The maximum atomic E-state index is 12.9. The Kier molecular flexibility index (Phi) is 7.91. The minimum absolute atomic E-state index is 0.0325. The molecule has 3 rings (SSSR count). The standard InChI is InChI=1S/C24H29BrN2O3/c1-3-17(2)18-11-12-22(20(25)15-18)30-16-23(28)26-21-10-6-5-9-19(21)24(29)27-13-7-4-8-14-27/h5-6,9-12,15,17H,3-4,7-8,13-14,16H2,1-2H3,(H,26,28). The van der Waals surface area contributed by atoms with E-state index in [1.54, 1.807) is 12.1 Å². The van der Waals surface area contributed by atoms with Crippen LogP contribution < -0.4 is 10.1 Å². The number of ether oxygens (including phenoxy) is 1. The van der Waals surface area contributed by atoms with Gasteiger partial charge in [0.25, 0.3) is 11.8 Å². The summed E-state index contributed by atoms with van der Waals surface area (Å²) in [4.78, 5) is 27.2. The highest BCUT2D eigenvalue weighted by molar-refractivity contribution is 9.10. The lowest BCUT2D eigenvalue weighted by atomic mass is 9.99. The molecule has 0 radical (unpaired) electrons. The molecular weight excluding hydrogens is 444 g/mol. The average Bonchev–Trinajstić information content (AvgIpc) is 2.78. The summed E-state index contributed by atoms with van der Waals surface area (Å²) in [6.07, 6.45) is 4.27. The molecule has 0 aliphatic carbocycles. The minimum Gasteiger partial charge on any atom is -0.483 e. The summed E-state index contributed by atoms with van der Waals surface area (Å²) in [6.45, 7) is 5.74. The van der Waals surface area contributed by atoms with Gasteiger partial charge in [-0.25, -0.2) is 0 Å². The molecular formula is C24H29BrN2O3. The van der Waals surface area contributed by atoms with Crippen LogP contribution in [0.5, 0.6) is 5.75 Å². The first-order valence-corrected chi connectivity index (χ1v) is 11.4. The smallest absolute Gasteiger partial charge is 0.262 e. The average molecular weight is 473 g/mol. The SMILES string of the molecule is CCC(C)c1ccc(OCC(=O)Nc2ccccc2C(=O)N2CCCCC2)c(Br)c1. The first-order valence-electron chi connectivity index (χ1n) is 10.6. The van der Waals surface area contributed by atoms with E-state index in [1.807, 2.05) is 35.2 Å². The van der Waals surface area contributed by atoms with E-state index in [0.717, 1.165) is 43.2 Å². The second-order valence-electron chi connectivity index (χ2n) is 7.73. The number of piperidine rings is 1. The fourth-order valence-corrected chi connectivity index (χ4v) is 4.06. The van der Waals surface area contributed by atoms with Crippen molar-refractivity contribution in [2.75, 3.05) is 25.0 Å². The van der Waals surface area contributed by atoms with E-state index in [4.69, 9.17) is 4.74 Å². The maximum absolute atomic E-state index is 12.9. The van der Waals surface area contributed by atoms with E-state index < -0.39 is 0 Å². The molecule has 2 aromatic carbocycles. The second kappa shape index (κ2) is 10.6. The van der Waals surface area contributed by atoms with Crippen LogP contribution in [0.25, 0.3) is 0 Å². The molecule has 1 aliphatic heterocycles. The zero-order valence-electron chi connectivity index (χ0n) is 17.6. The number of benzene rings is 2. The van der Waals surface area contributed by atoms with Crippen LogP contribution >= 0.6 is 15.9 Å². The number of nitrogens with zero attached hydrogens (tertiary/aromatic N) is 1. The molecule has 1 heterocycles. The molecule has 1 fully saturated rings. The Bertz CT molecular complexity index is 894. The lowest BCUT2D eigenvalue weighted by Gasteiger charge is -2.27. The van der Waals surface area contributed by atoms with Gasteiger partial charge >= 0.3 is 0 Å². The van der Waals surface area contributed by atoms with Crippen LogP contribution in [0.3, 0.4) is 0 Å². The summed E-state index contributed by atoms with van der Waals surface area (Å²) in [6, 6.07) is 13.1. The van der Waals surface area contributed by atoms with Gasteiger partial charge in [0, 0.05) is 13.1 Å². The molecule has 0 aromatic heterocycles. The van der Waals surface area contributed by atoms with Crippen LogP contribution in [0, 0.1) is 0 Å². The Morgan fingerprint density at radius 3 is 2.57 bits per heavy atom. The van der Waals surface area contributed by atoms with E-state index in [0.29, 0.717) is 22.9 Å². The molecule has 2 amide bonds. The van der Waals surface area contributed by atoms with Crippen molar-refractivity contribution in [1.82, 2.24) is 4.90 Å². The van der Waals surface area contributed by atoms with Gasteiger partial charge in [0.2, 0.25) is 0 Å². The molecule has 1 atom stereocenters. The van der Waals surface area contributed by atoms with Crippen LogP contribution in [-0.4, -0.2) is 36.4 Å². The van der Waals surface area contributed by atoms with E-state index in [2.05, 4.69) is 35.1 Å². The van der Waals surface area contributed by atoms with E-state index in [1.165, 1.54) is 5.56 Å². The monoisotopic (exact) mass is 472 g/mol. The molecule has 1 N–H and O–H groups in total. The summed E-state index contributed by atoms with van der Waals surface area (Å²) in [5.41, 5.74) is 2.27. The maximum Gasteiger partial charge on any atom is 0.262 e. The fourth-order valence-electron chi connectivity index (χ4n) is 3.55. The third-order valence-corrected chi connectivity index (χ3v) is 6.19. The highest BCUT2D eigenvalue weighted by Crippen LogP contribution is 2.30. The van der Waals surface area contributed by atoms with Gasteiger partial charge in [0.1, 0.15) is 5.75 Å². The van der Waals surface area contributed by atoms with Gasteiger partial charge < -0.3 is 15.0 Å². The molecule has 30 heavy (non-hydrogen) atoms. The molecule has 1 aliphatic rings. The Balaban J connectivity index is 1.62. The zero-order valence-corrected chi connectivity index (χ0v) is 19.2. The minimum atomic E-state index is -0.299. The van der Waals surface area contributed by atoms with E-state index in [-0.39, 0.29) is 18.4 Å². The van der Waals surface area contributed by atoms with Crippen LogP contribution in [0.4, 0.5) is 5.69 Å². The van der Waals surface area contributed by atoms with Crippen LogP contribution in [0.15, 0.2) is 46.9 Å². The number of rotatable bonds is 7. The number of amides is 2. The van der Waals surface area contributed by atoms with Gasteiger partial charge in [-0.05, 0) is 77.4 Å². The Morgan fingerprint density at radius 2 is 1.87 bits per heavy atom. The first kappa shape index (κ1) is 22.3. The predicted octanol–water partition coefficient (Wildman–Crippen LogP) is 5.61. The third-order valence-electron chi connectivity index (χ3n) is 5.57. The van der Waals surface area contributed by atoms with Crippen molar-refractivity contribution in [2.24, 2.45) is 0 Å². The van der Waals surface area contributed by atoms with Crippen molar-refractivity contribution in [3.05, 3.63) is 58.1 Å². The number of hydrogen-bond acceptors (Lipinski definition) is 3. The number of likely N-dealkylation sites (tertiary alicyclic amines) is 1. The number of para-hydroxylation sites is 1. The van der Waals surface area contributed by atoms with Crippen LogP contribution in [0.2, 0.25) is 0 Å². The molecule has 0 spiro atoms. The summed E-state index contributed by atoms with van der Waals surface area (Å²) in [5, 5.41) is 2.83. The number of hydrogen-bond donors (Lipinski definition) is 1. The van der Waals surface area contributed by atoms with Gasteiger partial charge in [-0.15, -0.1) is 0 Å². The Hall–Kier alpha value is -2.34. The molecule has 0 saturated carbocycles. The lowest BCUT2D eigenvalue weighted by molar-refractivity contribution is -0.118. The van der Waals surface area contributed by atoms with Gasteiger partial charge in [-0.1, -0.05) is 32.0 Å². The predicted molar refractivity (Wildman–Crippen MR) is 123 cm³/mol. The molecule has 160 valence electrons. The quantitative estimate of drug-likeness (QED) is 0.569. The summed E-state index contributed by atoms with van der Waals surface area (Å²) in [5.74, 6) is 0.754. The number of halogens is 1. The van der Waals surface area contributed by atoms with Crippen molar-refractivity contribution in [2.45, 2.75) is 45.4 Å². The summed E-state index contributed by atoms with van der Waals surface area (Å²) >= 11 is 3.53. The van der Waals surface area contributed by atoms with Crippen molar-refractivity contribution < 1.29 is 14.3 Å². The second-order valence-corrected chi connectivity index (χ2v) is 8.59. The van der Waals surface area contributed by atoms with Crippen molar-refractivity contribution in [1.29, 1.82) is 0 Å². The molecule has 5 nitrogen and oxygen atoms in total. The number of anilines is 1. The first-order chi connectivity index (χ1) is 14.5. The van der Waals surface area contributed by atoms with Gasteiger partial charge in [-0.3, -0.25) is 9.59 Å². The molecule has 1 unspecified atom stereocenters. The van der Waals surface area contributed by atoms with E-state index in [9.17, 15) is 9.59 Å². The number of carbonyl (C=O) groups is 2. The molecule has 6 heteroatoms. The van der Waals surface area contributed by atoms with Gasteiger partial charge in [0.05, 0.1) is 15.7 Å². The van der Waals surface area contributed by atoms with Crippen molar-refractivity contribution >= 4 is 33.4 Å².